The number of aromatic nitrogens is 1. The first-order chi connectivity index (χ1) is 14.5. The summed E-state index contributed by atoms with van der Waals surface area (Å²) in [6.45, 7) is 6.46. The fourth-order valence-electron chi connectivity index (χ4n) is 4.54. The molecule has 0 N–H and O–H groups in total. The number of ether oxygens (including phenoxy) is 1. The number of methoxy groups -OCH3 is 1. The lowest BCUT2D eigenvalue weighted by Crippen LogP contribution is -2.56. The van der Waals surface area contributed by atoms with Gasteiger partial charge in [-0.2, -0.15) is 0 Å². The molecule has 4 rings (SSSR count). The first-order valence-electron chi connectivity index (χ1n) is 10.6. The van der Waals surface area contributed by atoms with Crippen LogP contribution in [0.1, 0.15) is 34.2 Å². The van der Waals surface area contributed by atoms with Crippen molar-refractivity contribution in [1.29, 1.82) is 0 Å². The summed E-state index contributed by atoms with van der Waals surface area (Å²) in [5.74, 6) is 0.878. The Bertz CT molecular complexity index is 913. The number of fused-ring (bicyclic) bond motifs is 1. The average Bonchev–Trinajstić information content (AvgIpc) is 3.13. The van der Waals surface area contributed by atoms with E-state index in [0.717, 1.165) is 44.0 Å². The molecule has 1 atom stereocenters. The second-order valence-electron chi connectivity index (χ2n) is 8.04. The van der Waals surface area contributed by atoms with E-state index in [1.54, 1.807) is 17.7 Å². The summed E-state index contributed by atoms with van der Waals surface area (Å²) in [5.41, 5.74) is 2.24. The molecular formula is C23H30N4O3. The van der Waals surface area contributed by atoms with Gasteiger partial charge in [0, 0.05) is 58.2 Å². The number of benzene rings is 1. The zero-order valence-corrected chi connectivity index (χ0v) is 18.0. The second kappa shape index (κ2) is 8.52. The van der Waals surface area contributed by atoms with Gasteiger partial charge in [0.15, 0.2) is 5.78 Å². The van der Waals surface area contributed by atoms with Crippen LogP contribution in [0.25, 0.3) is 0 Å². The molecule has 1 saturated heterocycles. The van der Waals surface area contributed by atoms with Crippen molar-refractivity contribution in [1.82, 2.24) is 14.4 Å². The van der Waals surface area contributed by atoms with Crippen LogP contribution in [0.5, 0.6) is 5.75 Å². The Morgan fingerprint density at radius 1 is 1.03 bits per heavy atom. The molecule has 160 valence electrons. The van der Waals surface area contributed by atoms with Crippen LogP contribution in [-0.4, -0.2) is 78.5 Å². The molecule has 0 saturated carbocycles. The van der Waals surface area contributed by atoms with E-state index in [1.165, 1.54) is 0 Å². The Hall–Kier alpha value is -2.80. The van der Waals surface area contributed by atoms with Gasteiger partial charge in [0.25, 0.3) is 5.91 Å². The highest BCUT2D eigenvalue weighted by molar-refractivity contribution is 6.11. The molecule has 2 aromatic rings. The molecule has 1 fully saturated rings. The summed E-state index contributed by atoms with van der Waals surface area (Å²) >= 11 is 0. The lowest BCUT2D eigenvalue weighted by Gasteiger charge is -2.40. The lowest BCUT2D eigenvalue weighted by molar-refractivity contribution is 0.0641. The summed E-state index contributed by atoms with van der Waals surface area (Å²) in [6, 6.07) is 9.58. The highest BCUT2D eigenvalue weighted by atomic mass is 16.5. The molecule has 0 radical (unpaired) electrons. The van der Waals surface area contributed by atoms with Crippen LogP contribution < -0.4 is 9.64 Å². The summed E-state index contributed by atoms with van der Waals surface area (Å²) < 4.78 is 7.05. The SMILES string of the molecule is CCCN1CC(N2CCN(c3ccc(OC)cc3)CC2)C(=O)c2c(ccn2C)C1=O. The number of hydrogen-bond acceptors (Lipinski definition) is 5. The van der Waals surface area contributed by atoms with Crippen LogP contribution >= 0.6 is 0 Å². The summed E-state index contributed by atoms with van der Waals surface area (Å²) in [7, 11) is 3.51. The first-order valence-corrected chi connectivity index (χ1v) is 10.6. The summed E-state index contributed by atoms with van der Waals surface area (Å²) in [5, 5.41) is 0. The third-order valence-electron chi connectivity index (χ3n) is 6.21. The number of amides is 1. The molecule has 2 aliphatic heterocycles. The van der Waals surface area contributed by atoms with Gasteiger partial charge in [-0.15, -0.1) is 0 Å². The molecule has 7 nitrogen and oxygen atoms in total. The number of carbonyl (C=O) groups excluding carboxylic acids is 2. The van der Waals surface area contributed by atoms with E-state index in [2.05, 4.69) is 28.9 Å². The quantitative estimate of drug-likeness (QED) is 0.757. The maximum atomic E-state index is 13.5. The van der Waals surface area contributed by atoms with E-state index in [0.29, 0.717) is 24.3 Å². The fraction of sp³-hybridized carbons (Fsp3) is 0.478. The molecule has 1 aromatic carbocycles. The lowest BCUT2D eigenvalue weighted by atomic mass is 10.1. The summed E-state index contributed by atoms with van der Waals surface area (Å²) in [6.07, 6.45) is 2.69. The van der Waals surface area contributed by atoms with E-state index >= 15 is 0 Å². The van der Waals surface area contributed by atoms with Crippen LogP contribution in [0.4, 0.5) is 5.69 Å². The molecular weight excluding hydrogens is 380 g/mol. The molecule has 0 bridgehead atoms. The van der Waals surface area contributed by atoms with Crippen molar-refractivity contribution in [2.45, 2.75) is 19.4 Å². The van der Waals surface area contributed by atoms with Crippen LogP contribution in [0.15, 0.2) is 36.5 Å². The number of piperazine rings is 1. The maximum Gasteiger partial charge on any atom is 0.256 e. The number of rotatable bonds is 5. The van der Waals surface area contributed by atoms with Crippen molar-refractivity contribution in [2.75, 3.05) is 51.3 Å². The minimum Gasteiger partial charge on any atom is -0.497 e. The van der Waals surface area contributed by atoms with E-state index in [-0.39, 0.29) is 17.7 Å². The van der Waals surface area contributed by atoms with Gasteiger partial charge in [-0.1, -0.05) is 6.92 Å². The van der Waals surface area contributed by atoms with Crippen molar-refractivity contribution >= 4 is 17.4 Å². The van der Waals surface area contributed by atoms with Gasteiger partial charge < -0.3 is 19.1 Å². The number of carbonyl (C=O) groups is 2. The topological polar surface area (TPSA) is 58.0 Å². The number of aryl methyl sites for hydroxylation is 1. The van der Waals surface area contributed by atoms with Gasteiger partial charge in [0.05, 0.1) is 24.4 Å². The van der Waals surface area contributed by atoms with Crippen LogP contribution in [-0.2, 0) is 7.05 Å². The van der Waals surface area contributed by atoms with Crippen molar-refractivity contribution < 1.29 is 14.3 Å². The Balaban J connectivity index is 1.52. The van der Waals surface area contributed by atoms with Gasteiger partial charge in [0.1, 0.15) is 5.75 Å². The van der Waals surface area contributed by atoms with Gasteiger partial charge in [0.2, 0.25) is 0 Å². The smallest absolute Gasteiger partial charge is 0.256 e. The first kappa shape index (κ1) is 20.5. The van der Waals surface area contributed by atoms with Crippen LogP contribution in [0, 0.1) is 0 Å². The average molecular weight is 411 g/mol. The van der Waals surface area contributed by atoms with Crippen molar-refractivity contribution in [3.05, 3.63) is 47.8 Å². The maximum absolute atomic E-state index is 13.5. The van der Waals surface area contributed by atoms with E-state index in [4.69, 9.17) is 4.74 Å². The molecule has 1 amide bonds. The molecule has 2 aliphatic rings. The summed E-state index contributed by atoms with van der Waals surface area (Å²) in [4.78, 5) is 32.9. The van der Waals surface area contributed by atoms with Gasteiger partial charge >= 0.3 is 0 Å². The van der Waals surface area contributed by atoms with Gasteiger partial charge in [-0.3, -0.25) is 14.5 Å². The standard InChI is InChI=1S/C23H30N4O3/c1-4-10-27-16-20(22(28)21-19(23(27)29)9-11-24(21)2)26-14-12-25(13-15-26)17-5-7-18(30-3)8-6-17/h5-9,11,20H,4,10,12-16H2,1-3H3. The predicted molar refractivity (Wildman–Crippen MR) is 117 cm³/mol. The Morgan fingerprint density at radius 3 is 2.37 bits per heavy atom. The minimum absolute atomic E-state index is 0.0276. The molecule has 30 heavy (non-hydrogen) atoms. The van der Waals surface area contributed by atoms with E-state index in [1.807, 2.05) is 30.3 Å². The monoisotopic (exact) mass is 410 g/mol. The second-order valence-corrected chi connectivity index (χ2v) is 8.04. The molecule has 1 unspecified atom stereocenters. The van der Waals surface area contributed by atoms with E-state index in [9.17, 15) is 9.59 Å². The number of Topliss-reactive ketones (excluding diaryl/α,β-unsaturated/α-hetero) is 1. The number of nitrogens with zero attached hydrogens (tertiary/aromatic N) is 4. The number of ketones is 1. The van der Waals surface area contributed by atoms with Gasteiger partial charge in [-0.25, -0.2) is 0 Å². The van der Waals surface area contributed by atoms with Crippen LogP contribution in [0.3, 0.4) is 0 Å². The Kier molecular flexibility index (Phi) is 5.81. The van der Waals surface area contributed by atoms with Crippen molar-refractivity contribution in [3.63, 3.8) is 0 Å². The number of hydrogen-bond donors (Lipinski definition) is 0. The molecule has 3 heterocycles. The molecule has 0 spiro atoms. The third kappa shape index (κ3) is 3.69. The zero-order valence-electron chi connectivity index (χ0n) is 18.0. The fourth-order valence-corrected chi connectivity index (χ4v) is 4.54. The van der Waals surface area contributed by atoms with Crippen LogP contribution in [0.2, 0.25) is 0 Å². The highest BCUT2D eigenvalue weighted by Crippen LogP contribution is 2.25. The molecule has 7 heteroatoms. The highest BCUT2D eigenvalue weighted by Gasteiger charge is 2.39. The normalized spacial score (nSPS) is 20.3. The van der Waals surface area contributed by atoms with Crippen molar-refractivity contribution in [2.24, 2.45) is 7.05 Å². The van der Waals surface area contributed by atoms with Crippen molar-refractivity contribution in [3.8, 4) is 5.75 Å². The largest absolute Gasteiger partial charge is 0.497 e. The predicted octanol–water partition coefficient (Wildman–Crippen LogP) is 2.27. The van der Waals surface area contributed by atoms with E-state index < -0.39 is 0 Å². The van der Waals surface area contributed by atoms with Gasteiger partial charge in [-0.05, 0) is 36.8 Å². The Labute approximate surface area is 177 Å². The minimum atomic E-state index is -0.298. The Morgan fingerprint density at radius 2 is 1.73 bits per heavy atom. The third-order valence-corrected chi connectivity index (χ3v) is 6.21. The molecule has 0 aliphatic carbocycles. The number of anilines is 1. The molecule has 1 aromatic heterocycles. The zero-order chi connectivity index (χ0) is 21.3.